The van der Waals surface area contributed by atoms with Gasteiger partial charge in [0.05, 0.1) is 18.0 Å². The number of thioether (sulfide) groups is 1. The lowest BCUT2D eigenvalue weighted by Gasteiger charge is -2.17. The molecular formula is C18H19BrN2O2S. The number of rotatable bonds is 6. The Bertz CT molecular complexity index is 719. The van der Waals surface area contributed by atoms with Gasteiger partial charge in [-0.25, -0.2) is 0 Å². The first-order chi connectivity index (χ1) is 11.5. The molecule has 0 atom stereocenters. The van der Waals surface area contributed by atoms with Gasteiger partial charge in [-0.3, -0.25) is 9.59 Å². The largest absolute Gasteiger partial charge is 0.336 e. The first-order valence-corrected chi connectivity index (χ1v) is 9.21. The zero-order valence-electron chi connectivity index (χ0n) is 13.6. The number of amides is 2. The zero-order valence-corrected chi connectivity index (χ0v) is 16.0. The molecule has 0 aliphatic rings. The number of aryl methyl sites for hydroxylation is 1. The van der Waals surface area contributed by atoms with Gasteiger partial charge in [0.25, 0.3) is 0 Å². The minimum absolute atomic E-state index is 0.0224. The molecule has 4 nitrogen and oxygen atoms in total. The van der Waals surface area contributed by atoms with E-state index < -0.39 is 0 Å². The highest BCUT2D eigenvalue weighted by atomic mass is 79.9. The Balaban J connectivity index is 1.81. The SMILES string of the molecule is Cc1ccc(SCC(=O)N(C)CC(=O)Nc2ccccc2Br)cc1. The summed E-state index contributed by atoms with van der Waals surface area (Å²) in [6.45, 7) is 2.05. The normalized spacial score (nSPS) is 10.3. The Morgan fingerprint density at radius 1 is 1.12 bits per heavy atom. The van der Waals surface area contributed by atoms with Crippen molar-refractivity contribution in [3.05, 3.63) is 58.6 Å². The van der Waals surface area contributed by atoms with Gasteiger partial charge in [-0.1, -0.05) is 29.8 Å². The molecule has 126 valence electrons. The zero-order chi connectivity index (χ0) is 17.5. The number of anilines is 1. The Morgan fingerprint density at radius 3 is 2.46 bits per heavy atom. The van der Waals surface area contributed by atoms with Gasteiger partial charge in [-0.05, 0) is 47.1 Å². The third-order valence-electron chi connectivity index (χ3n) is 3.34. The number of carbonyl (C=O) groups excluding carboxylic acids is 2. The second-order valence-electron chi connectivity index (χ2n) is 5.38. The number of halogens is 1. The molecule has 0 saturated carbocycles. The first-order valence-electron chi connectivity index (χ1n) is 7.43. The first kappa shape index (κ1) is 18.5. The van der Waals surface area contributed by atoms with E-state index in [9.17, 15) is 9.59 Å². The minimum Gasteiger partial charge on any atom is -0.336 e. The van der Waals surface area contributed by atoms with Crippen molar-refractivity contribution < 1.29 is 9.59 Å². The van der Waals surface area contributed by atoms with E-state index in [-0.39, 0.29) is 18.4 Å². The topological polar surface area (TPSA) is 49.4 Å². The molecule has 2 rings (SSSR count). The van der Waals surface area contributed by atoms with Crippen molar-refractivity contribution in [3.8, 4) is 0 Å². The molecule has 6 heteroatoms. The number of nitrogens with zero attached hydrogens (tertiary/aromatic N) is 1. The lowest BCUT2D eigenvalue weighted by atomic mass is 10.2. The lowest BCUT2D eigenvalue weighted by molar-refractivity contribution is -0.131. The average Bonchev–Trinajstić information content (AvgIpc) is 2.56. The predicted octanol–water partition coefficient (Wildman–Crippen LogP) is 3.95. The molecule has 1 N–H and O–H groups in total. The van der Waals surface area contributed by atoms with Crippen LogP contribution in [-0.2, 0) is 9.59 Å². The molecule has 24 heavy (non-hydrogen) atoms. The molecule has 0 unspecified atom stereocenters. The quantitative estimate of drug-likeness (QED) is 0.738. The minimum atomic E-state index is -0.224. The van der Waals surface area contributed by atoms with Crippen molar-refractivity contribution in [2.45, 2.75) is 11.8 Å². The standard InChI is InChI=1S/C18H19BrN2O2S/c1-13-7-9-14(10-8-13)24-12-18(23)21(2)11-17(22)20-16-6-4-3-5-15(16)19/h3-10H,11-12H2,1-2H3,(H,20,22). The Labute approximate surface area is 154 Å². The van der Waals surface area contributed by atoms with Crippen LogP contribution in [0.4, 0.5) is 5.69 Å². The summed E-state index contributed by atoms with van der Waals surface area (Å²) in [6, 6.07) is 15.4. The maximum absolute atomic E-state index is 12.2. The summed E-state index contributed by atoms with van der Waals surface area (Å²) < 4.78 is 0.808. The summed E-state index contributed by atoms with van der Waals surface area (Å²) in [5, 5.41) is 2.79. The fourth-order valence-electron chi connectivity index (χ4n) is 1.95. The van der Waals surface area contributed by atoms with Gasteiger partial charge < -0.3 is 10.2 Å². The number of benzene rings is 2. The molecule has 0 heterocycles. The lowest BCUT2D eigenvalue weighted by Crippen LogP contribution is -2.36. The molecule has 0 saturated heterocycles. The summed E-state index contributed by atoms with van der Waals surface area (Å²) >= 11 is 4.85. The van der Waals surface area contributed by atoms with Crippen LogP contribution in [0, 0.1) is 6.92 Å². The molecule has 0 spiro atoms. The fraction of sp³-hybridized carbons (Fsp3) is 0.222. The molecule has 2 aromatic rings. The number of hydrogen-bond acceptors (Lipinski definition) is 3. The molecule has 2 aromatic carbocycles. The van der Waals surface area contributed by atoms with Gasteiger partial charge in [-0.2, -0.15) is 0 Å². The van der Waals surface area contributed by atoms with Crippen molar-refractivity contribution in [2.24, 2.45) is 0 Å². The van der Waals surface area contributed by atoms with Gasteiger partial charge in [-0.15, -0.1) is 11.8 Å². The smallest absolute Gasteiger partial charge is 0.244 e. The maximum Gasteiger partial charge on any atom is 0.244 e. The van der Waals surface area contributed by atoms with Crippen LogP contribution in [0.5, 0.6) is 0 Å². The van der Waals surface area contributed by atoms with Crippen molar-refractivity contribution in [3.63, 3.8) is 0 Å². The summed E-state index contributed by atoms with van der Waals surface area (Å²) in [7, 11) is 1.64. The van der Waals surface area contributed by atoms with Gasteiger partial charge in [0, 0.05) is 16.4 Å². The highest BCUT2D eigenvalue weighted by Gasteiger charge is 2.14. The second-order valence-corrected chi connectivity index (χ2v) is 7.28. The molecule has 0 bridgehead atoms. The number of hydrogen-bond donors (Lipinski definition) is 1. The van der Waals surface area contributed by atoms with E-state index in [2.05, 4.69) is 21.2 Å². The van der Waals surface area contributed by atoms with Crippen LogP contribution in [0.3, 0.4) is 0 Å². The van der Waals surface area contributed by atoms with Crippen LogP contribution in [0.15, 0.2) is 57.9 Å². The summed E-state index contributed by atoms with van der Waals surface area (Å²) in [4.78, 5) is 26.7. The average molecular weight is 407 g/mol. The van der Waals surface area contributed by atoms with E-state index in [1.807, 2.05) is 49.4 Å². The number of carbonyl (C=O) groups is 2. The number of para-hydroxylation sites is 1. The van der Waals surface area contributed by atoms with Crippen molar-refractivity contribution in [1.82, 2.24) is 4.90 Å². The van der Waals surface area contributed by atoms with E-state index >= 15 is 0 Å². The highest BCUT2D eigenvalue weighted by molar-refractivity contribution is 9.10. The molecule has 0 aliphatic heterocycles. The monoisotopic (exact) mass is 406 g/mol. The number of nitrogens with one attached hydrogen (secondary N) is 1. The van der Waals surface area contributed by atoms with E-state index in [0.29, 0.717) is 11.4 Å². The van der Waals surface area contributed by atoms with Crippen molar-refractivity contribution in [1.29, 1.82) is 0 Å². The van der Waals surface area contributed by atoms with Gasteiger partial charge >= 0.3 is 0 Å². The summed E-state index contributed by atoms with van der Waals surface area (Å²) in [5.41, 5.74) is 1.88. The van der Waals surface area contributed by atoms with Crippen LogP contribution in [-0.4, -0.2) is 36.1 Å². The van der Waals surface area contributed by atoms with Crippen LogP contribution in [0.1, 0.15) is 5.56 Å². The van der Waals surface area contributed by atoms with Crippen molar-refractivity contribution >= 4 is 45.2 Å². The van der Waals surface area contributed by atoms with Crippen LogP contribution >= 0.6 is 27.7 Å². The summed E-state index contributed by atoms with van der Waals surface area (Å²) in [6.07, 6.45) is 0. The molecule has 0 aromatic heterocycles. The van der Waals surface area contributed by atoms with Gasteiger partial charge in [0.1, 0.15) is 0 Å². The van der Waals surface area contributed by atoms with E-state index in [1.165, 1.54) is 22.2 Å². The van der Waals surface area contributed by atoms with Crippen LogP contribution in [0.2, 0.25) is 0 Å². The second kappa shape index (κ2) is 8.89. The molecule has 0 radical (unpaired) electrons. The molecule has 0 aliphatic carbocycles. The Kier molecular flexibility index (Phi) is 6.87. The van der Waals surface area contributed by atoms with Crippen molar-refractivity contribution in [2.75, 3.05) is 24.7 Å². The highest BCUT2D eigenvalue weighted by Crippen LogP contribution is 2.21. The molecular weight excluding hydrogens is 388 g/mol. The summed E-state index contributed by atoms with van der Waals surface area (Å²) in [5.74, 6) is 0.00273. The third kappa shape index (κ3) is 5.69. The van der Waals surface area contributed by atoms with Crippen LogP contribution < -0.4 is 5.32 Å². The molecule has 2 amide bonds. The third-order valence-corrected chi connectivity index (χ3v) is 5.03. The van der Waals surface area contributed by atoms with Gasteiger partial charge in [0.15, 0.2) is 0 Å². The Hall–Kier alpha value is -1.79. The molecule has 0 fully saturated rings. The predicted molar refractivity (Wildman–Crippen MR) is 102 cm³/mol. The Morgan fingerprint density at radius 2 is 1.79 bits per heavy atom. The van der Waals surface area contributed by atoms with E-state index in [4.69, 9.17) is 0 Å². The van der Waals surface area contributed by atoms with Crippen LogP contribution in [0.25, 0.3) is 0 Å². The fourth-order valence-corrected chi connectivity index (χ4v) is 3.17. The van der Waals surface area contributed by atoms with Gasteiger partial charge in [0.2, 0.25) is 11.8 Å². The number of likely N-dealkylation sites (N-methyl/N-ethyl adjacent to an activating group) is 1. The van der Waals surface area contributed by atoms with E-state index in [1.54, 1.807) is 13.1 Å². The van der Waals surface area contributed by atoms with E-state index in [0.717, 1.165) is 9.37 Å². The maximum atomic E-state index is 12.2.